The van der Waals surface area contributed by atoms with Gasteiger partial charge >= 0.3 is 0 Å². The van der Waals surface area contributed by atoms with E-state index >= 15 is 0 Å². The van der Waals surface area contributed by atoms with Gasteiger partial charge in [-0.25, -0.2) is 0 Å². The Balaban J connectivity index is 1.68. The van der Waals surface area contributed by atoms with E-state index < -0.39 is 108 Å². The van der Waals surface area contributed by atoms with Crippen LogP contribution in [0.2, 0.25) is 0 Å². The molecule has 0 amide bonds. The third kappa shape index (κ3) is 5.18. The molecule has 2 aliphatic rings. The van der Waals surface area contributed by atoms with Crippen LogP contribution in [0, 0.1) is 0 Å². The first-order chi connectivity index (χ1) is 23.7. The molecule has 10 N–H and O–H groups in total. The van der Waals surface area contributed by atoms with Crippen LogP contribution >= 0.6 is 0 Å². The molecule has 2 aromatic carbocycles. The number of aromatic hydroxyl groups is 4. The molecule has 0 saturated carbocycles. The highest BCUT2D eigenvalue weighted by Crippen LogP contribution is 2.57. The van der Waals surface area contributed by atoms with E-state index in [4.69, 9.17) is 23.4 Å². The molecule has 294 valence electrons. The summed E-state index contributed by atoms with van der Waals surface area (Å²) in [5, 5.41) is 112. The zero-order chi connectivity index (χ0) is 40.6. The van der Waals surface area contributed by atoms with Gasteiger partial charge in [0, 0.05) is 24.6 Å². The second-order valence-electron chi connectivity index (χ2n) is 16.3. The average Bonchev–Trinajstić information content (AvgIpc) is 3.00. The Morgan fingerprint density at radius 1 is 0.604 bits per heavy atom. The fraction of sp³-hybridized carbons (Fsp3) is 0.595. The highest BCUT2D eigenvalue weighted by molar-refractivity contribution is 5.88. The Morgan fingerprint density at radius 2 is 1.15 bits per heavy atom. The molecule has 3 heterocycles. The van der Waals surface area contributed by atoms with Crippen molar-refractivity contribution >= 4 is 11.0 Å². The Kier molecular flexibility index (Phi) is 8.71. The van der Waals surface area contributed by atoms with Crippen LogP contribution in [-0.2, 0) is 14.2 Å². The minimum atomic E-state index is -2.63. The number of rotatable bonds is 6. The molecule has 0 aliphatic carbocycles. The third-order valence-electron chi connectivity index (χ3n) is 12.7. The van der Waals surface area contributed by atoms with Gasteiger partial charge in [-0.2, -0.15) is 0 Å². The predicted molar refractivity (Wildman–Crippen MR) is 186 cm³/mol. The standard InChI is InChI=1S/C37H50O16/c1-28(2)30(4,43)32(6,45)34(8,47)36(10,52-28)49-17-29(3)31(5,44)33(7,46)35(9,48)37(11,53-29)51-27-25(42)24-22(41)15-19(38)16-23(24)50-26(27)18-12-13-20(39)21(40)14-18/h12-16,38-41,43-48H,17H2,1-11H3. The molecule has 2 saturated heterocycles. The zero-order valence-electron chi connectivity index (χ0n) is 31.5. The summed E-state index contributed by atoms with van der Waals surface area (Å²) in [6.07, 6.45) is 0. The molecule has 3 aromatic rings. The van der Waals surface area contributed by atoms with Crippen molar-refractivity contribution < 1.29 is 74.4 Å². The van der Waals surface area contributed by atoms with Crippen molar-refractivity contribution in [3.8, 4) is 40.1 Å². The molecule has 5 rings (SSSR count). The zero-order valence-corrected chi connectivity index (χ0v) is 31.5. The van der Waals surface area contributed by atoms with E-state index in [1.54, 1.807) is 0 Å². The summed E-state index contributed by atoms with van der Waals surface area (Å²) in [4.78, 5) is 14.2. The largest absolute Gasteiger partial charge is 0.508 e. The van der Waals surface area contributed by atoms with Gasteiger partial charge < -0.3 is 74.4 Å². The van der Waals surface area contributed by atoms with E-state index in [0.29, 0.717) is 0 Å². The maximum atomic E-state index is 14.2. The van der Waals surface area contributed by atoms with Gasteiger partial charge in [0.15, 0.2) is 28.6 Å². The molecular weight excluding hydrogens is 700 g/mol. The second kappa shape index (κ2) is 11.4. The van der Waals surface area contributed by atoms with Crippen LogP contribution in [0.5, 0.6) is 28.7 Å². The van der Waals surface area contributed by atoms with E-state index in [-0.39, 0.29) is 11.1 Å². The van der Waals surface area contributed by atoms with E-state index in [1.807, 2.05) is 0 Å². The van der Waals surface area contributed by atoms with Crippen LogP contribution in [0.15, 0.2) is 39.5 Å². The monoisotopic (exact) mass is 750 g/mol. The molecule has 0 bridgehead atoms. The van der Waals surface area contributed by atoms with Gasteiger partial charge in [0.2, 0.25) is 17.0 Å². The molecule has 1 aromatic heterocycles. The quantitative estimate of drug-likeness (QED) is 0.162. The first kappa shape index (κ1) is 40.5. The van der Waals surface area contributed by atoms with Crippen molar-refractivity contribution in [2.75, 3.05) is 6.61 Å². The summed E-state index contributed by atoms with van der Waals surface area (Å²) >= 11 is 0. The third-order valence-corrected chi connectivity index (χ3v) is 12.7. The van der Waals surface area contributed by atoms with Gasteiger partial charge in [0.25, 0.3) is 0 Å². The van der Waals surface area contributed by atoms with Gasteiger partial charge in [0.1, 0.15) is 56.1 Å². The Bertz CT molecular complexity index is 2020. The topological polar surface area (TPSA) is 269 Å². The SMILES string of the molecule is CC1(C)OC(C)(OCC2(C)OC(C)(Oc3c(-c4ccc(O)c(O)c4)oc4cc(O)cc(O)c4c3=O)C(C)(O)C(C)(O)C2(C)O)C(C)(O)C(C)(O)C1(C)O. The van der Waals surface area contributed by atoms with E-state index in [9.17, 15) is 55.9 Å². The minimum absolute atomic E-state index is 0.0591. The Hall–Kier alpha value is -3.71. The number of hydrogen-bond donors (Lipinski definition) is 10. The molecule has 2 aliphatic heterocycles. The second-order valence-corrected chi connectivity index (χ2v) is 16.3. The van der Waals surface area contributed by atoms with Crippen LogP contribution < -0.4 is 10.2 Å². The van der Waals surface area contributed by atoms with E-state index in [0.717, 1.165) is 52.0 Å². The number of benzene rings is 2. The maximum Gasteiger partial charge on any atom is 0.240 e. The summed E-state index contributed by atoms with van der Waals surface area (Å²) < 4.78 is 30.9. The number of phenolic OH excluding ortho intramolecular Hbond substituents is 4. The smallest absolute Gasteiger partial charge is 0.240 e. The first-order valence-corrected chi connectivity index (χ1v) is 16.8. The van der Waals surface area contributed by atoms with Crippen LogP contribution in [0.1, 0.15) is 76.2 Å². The van der Waals surface area contributed by atoms with Gasteiger partial charge in [0.05, 0.1) is 12.2 Å². The first-order valence-electron chi connectivity index (χ1n) is 16.8. The normalized spacial score (nSPS) is 41.4. The summed E-state index contributed by atoms with van der Waals surface area (Å²) in [5.74, 6) is -8.18. The fourth-order valence-electron chi connectivity index (χ4n) is 7.39. The Labute approximate surface area is 305 Å². The fourth-order valence-corrected chi connectivity index (χ4v) is 7.39. The summed E-state index contributed by atoms with van der Waals surface area (Å²) in [6, 6.07) is 5.28. The molecule has 2 fully saturated rings. The van der Waals surface area contributed by atoms with Crippen LogP contribution in [0.4, 0.5) is 0 Å². The lowest BCUT2D eigenvalue weighted by atomic mass is 9.60. The Morgan fingerprint density at radius 3 is 1.72 bits per heavy atom. The average molecular weight is 751 g/mol. The lowest BCUT2D eigenvalue weighted by molar-refractivity contribution is -0.474. The molecule has 53 heavy (non-hydrogen) atoms. The predicted octanol–water partition coefficient (Wildman–Crippen LogP) is 2.21. The van der Waals surface area contributed by atoms with Gasteiger partial charge in [-0.15, -0.1) is 0 Å². The number of ether oxygens (including phenoxy) is 4. The van der Waals surface area contributed by atoms with Crippen molar-refractivity contribution in [1.82, 2.24) is 0 Å². The van der Waals surface area contributed by atoms with Gasteiger partial charge in [-0.3, -0.25) is 4.79 Å². The van der Waals surface area contributed by atoms with Gasteiger partial charge in [-0.1, -0.05) is 0 Å². The number of hydrogen-bond acceptors (Lipinski definition) is 16. The van der Waals surface area contributed by atoms with Crippen molar-refractivity contribution in [2.24, 2.45) is 0 Å². The highest BCUT2D eigenvalue weighted by atomic mass is 16.8. The highest BCUT2D eigenvalue weighted by Gasteiger charge is 2.77. The van der Waals surface area contributed by atoms with Crippen LogP contribution in [0.3, 0.4) is 0 Å². The molecule has 16 nitrogen and oxygen atoms in total. The lowest BCUT2D eigenvalue weighted by Gasteiger charge is -2.66. The van der Waals surface area contributed by atoms with Crippen molar-refractivity contribution in [3.63, 3.8) is 0 Å². The van der Waals surface area contributed by atoms with Crippen molar-refractivity contribution in [3.05, 3.63) is 40.6 Å². The van der Waals surface area contributed by atoms with Crippen molar-refractivity contribution in [2.45, 2.75) is 133 Å². The minimum Gasteiger partial charge on any atom is -0.508 e. The summed E-state index contributed by atoms with van der Waals surface area (Å²) in [6.45, 7) is 12.9. The molecule has 9 atom stereocenters. The lowest BCUT2D eigenvalue weighted by Crippen LogP contribution is -2.86. The molecular formula is C37H50O16. The molecule has 9 unspecified atom stereocenters. The van der Waals surface area contributed by atoms with Gasteiger partial charge in [-0.05, 0) is 87.4 Å². The van der Waals surface area contributed by atoms with E-state index in [1.165, 1.54) is 54.5 Å². The molecule has 0 radical (unpaired) electrons. The van der Waals surface area contributed by atoms with Crippen molar-refractivity contribution in [1.29, 1.82) is 0 Å². The maximum absolute atomic E-state index is 14.2. The van der Waals surface area contributed by atoms with Crippen LogP contribution in [0.25, 0.3) is 22.3 Å². The summed E-state index contributed by atoms with van der Waals surface area (Å²) in [7, 11) is 0. The van der Waals surface area contributed by atoms with E-state index in [2.05, 4.69) is 0 Å². The van der Waals surface area contributed by atoms with Crippen LogP contribution in [-0.4, -0.2) is 114 Å². The molecule has 0 spiro atoms. The molecule has 16 heteroatoms. The summed E-state index contributed by atoms with van der Waals surface area (Å²) in [5.41, 5.74) is -19.5. The number of phenols is 4. The number of aliphatic hydroxyl groups is 6. The number of fused-ring (bicyclic) bond motifs is 1.